The molecular weight excluding hydrogens is 279 g/mol. The molecule has 3 rings (SSSR count). The van der Waals surface area contributed by atoms with Crippen molar-refractivity contribution < 1.29 is 18.9 Å². The number of anilines is 1. The van der Waals surface area contributed by atoms with Crippen LogP contribution >= 0.6 is 0 Å². The van der Waals surface area contributed by atoms with Gasteiger partial charge in [0.1, 0.15) is 0 Å². The van der Waals surface area contributed by atoms with Gasteiger partial charge < -0.3 is 0 Å². The minimum atomic E-state index is -0.926. The molecule has 0 bridgehead atoms. The summed E-state index contributed by atoms with van der Waals surface area (Å²) in [4.78, 5) is 35.4. The number of halogens is 1. The molecule has 2 atom stereocenters. The fraction of sp³-hybridized carbons (Fsp3) is 0.429. The zero-order chi connectivity index (χ0) is 15.1. The maximum absolute atomic E-state index is 14.0. The van der Waals surface area contributed by atoms with Gasteiger partial charge in [0, 0.05) is 6.07 Å². The SMILES string of the molecule is O=C1C2CCCCC2C(=O)N1c1ccc([N+](=O)[O-])cc1F. The number of amides is 2. The molecule has 7 heteroatoms. The maximum atomic E-state index is 14.0. The second-order valence-electron chi connectivity index (χ2n) is 5.40. The highest BCUT2D eigenvalue weighted by molar-refractivity contribution is 6.22. The van der Waals surface area contributed by atoms with Crippen molar-refractivity contribution in [3.8, 4) is 0 Å². The second-order valence-corrected chi connectivity index (χ2v) is 5.40. The zero-order valence-corrected chi connectivity index (χ0v) is 11.1. The van der Waals surface area contributed by atoms with Crippen LogP contribution in [0.5, 0.6) is 0 Å². The maximum Gasteiger partial charge on any atom is 0.272 e. The van der Waals surface area contributed by atoms with Crippen molar-refractivity contribution in [2.75, 3.05) is 4.90 Å². The van der Waals surface area contributed by atoms with Crippen LogP contribution in [-0.2, 0) is 9.59 Å². The Morgan fingerprint density at radius 1 is 1.14 bits per heavy atom. The monoisotopic (exact) mass is 292 g/mol. The summed E-state index contributed by atoms with van der Waals surface area (Å²) in [7, 11) is 0. The number of hydrogen-bond acceptors (Lipinski definition) is 4. The van der Waals surface area contributed by atoms with E-state index in [2.05, 4.69) is 0 Å². The lowest BCUT2D eigenvalue weighted by atomic mass is 9.81. The number of rotatable bonds is 2. The lowest BCUT2D eigenvalue weighted by Gasteiger charge is -2.19. The molecule has 2 fully saturated rings. The Bertz CT molecular complexity index is 622. The number of nitrogens with zero attached hydrogens (tertiary/aromatic N) is 2. The number of fused-ring (bicyclic) bond motifs is 1. The van der Waals surface area contributed by atoms with Gasteiger partial charge in [-0.25, -0.2) is 9.29 Å². The number of imide groups is 1. The van der Waals surface area contributed by atoms with Crippen molar-refractivity contribution in [3.05, 3.63) is 34.1 Å². The third kappa shape index (κ3) is 2.09. The molecule has 2 unspecified atom stereocenters. The summed E-state index contributed by atoms with van der Waals surface area (Å²) in [5.74, 6) is -2.46. The Balaban J connectivity index is 1.98. The van der Waals surface area contributed by atoms with E-state index >= 15 is 0 Å². The topological polar surface area (TPSA) is 80.5 Å². The normalized spacial score (nSPS) is 25.1. The molecular formula is C14H13FN2O4. The number of hydrogen-bond donors (Lipinski definition) is 0. The van der Waals surface area contributed by atoms with Crippen molar-refractivity contribution in [3.63, 3.8) is 0 Å². The lowest BCUT2D eigenvalue weighted by Crippen LogP contribution is -2.31. The molecule has 1 saturated carbocycles. The number of benzene rings is 1. The fourth-order valence-corrected chi connectivity index (χ4v) is 3.19. The molecule has 6 nitrogen and oxygen atoms in total. The zero-order valence-electron chi connectivity index (χ0n) is 11.1. The highest BCUT2D eigenvalue weighted by Gasteiger charge is 2.49. The summed E-state index contributed by atoms with van der Waals surface area (Å²) in [5.41, 5.74) is -0.599. The molecule has 1 aliphatic carbocycles. The molecule has 0 radical (unpaired) electrons. The van der Waals surface area contributed by atoms with Gasteiger partial charge in [0.15, 0.2) is 5.82 Å². The van der Waals surface area contributed by atoms with E-state index in [1.807, 2.05) is 0 Å². The Kier molecular flexibility index (Phi) is 3.19. The van der Waals surface area contributed by atoms with Gasteiger partial charge in [0.25, 0.3) is 5.69 Å². The summed E-state index contributed by atoms with van der Waals surface area (Å²) in [5, 5.41) is 10.6. The van der Waals surface area contributed by atoms with E-state index in [9.17, 15) is 24.1 Å². The molecule has 2 amide bonds. The van der Waals surface area contributed by atoms with E-state index in [-0.39, 0.29) is 17.5 Å². The van der Waals surface area contributed by atoms with Crippen molar-refractivity contribution in [1.29, 1.82) is 0 Å². The van der Waals surface area contributed by atoms with Crippen LogP contribution < -0.4 is 4.90 Å². The Labute approximate surface area is 119 Å². The summed E-state index contributed by atoms with van der Waals surface area (Å²) in [6.07, 6.45) is 3.05. The first-order valence-corrected chi connectivity index (χ1v) is 6.82. The van der Waals surface area contributed by atoms with Gasteiger partial charge in [0.2, 0.25) is 11.8 Å². The molecule has 21 heavy (non-hydrogen) atoms. The van der Waals surface area contributed by atoms with Gasteiger partial charge in [0.05, 0.1) is 28.5 Å². The van der Waals surface area contributed by atoms with Crippen molar-refractivity contribution >= 4 is 23.2 Å². The van der Waals surface area contributed by atoms with Gasteiger partial charge in [-0.3, -0.25) is 19.7 Å². The molecule has 2 aliphatic rings. The van der Waals surface area contributed by atoms with Crippen LogP contribution in [0.1, 0.15) is 25.7 Å². The smallest absolute Gasteiger partial charge is 0.272 e. The fourth-order valence-electron chi connectivity index (χ4n) is 3.19. The largest absolute Gasteiger partial charge is 0.274 e. The minimum Gasteiger partial charge on any atom is -0.274 e. The molecule has 0 N–H and O–H groups in total. The van der Waals surface area contributed by atoms with Crippen LogP contribution in [0.4, 0.5) is 15.8 Å². The molecule has 1 saturated heterocycles. The van der Waals surface area contributed by atoms with E-state index < -0.39 is 28.2 Å². The quantitative estimate of drug-likeness (QED) is 0.476. The van der Waals surface area contributed by atoms with Crippen LogP contribution in [-0.4, -0.2) is 16.7 Å². The number of carbonyl (C=O) groups excluding carboxylic acids is 2. The van der Waals surface area contributed by atoms with Crippen molar-refractivity contribution in [1.82, 2.24) is 0 Å². The molecule has 1 aromatic rings. The predicted molar refractivity (Wildman–Crippen MR) is 71.0 cm³/mol. The van der Waals surface area contributed by atoms with Crippen molar-refractivity contribution in [2.45, 2.75) is 25.7 Å². The first-order valence-electron chi connectivity index (χ1n) is 6.82. The second kappa shape index (κ2) is 4.91. The van der Waals surface area contributed by atoms with E-state index in [0.717, 1.165) is 35.9 Å². The van der Waals surface area contributed by atoms with Crippen LogP contribution in [0, 0.1) is 27.8 Å². The summed E-state index contributed by atoms with van der Waals surface area (Å²) in [6.45, 7) is 0. The number of carbonyl (C=O) groups is 2. The molecule has 0 aromatic heterocycles. The molecule has 1 aliphatic heterocycles. The van der Waals surface area contributed by atoms with Crippen molar-refractivity contribution in [2.24, 2.45) is 11.8 Å². The summed E-state index contributed by atoms with van der Waals surface area (Å²) < 4.78 is 14.0. The van der Waals surface area contributed by atoms with Crippen LogP contribution in [0.2, 0.25) is 0 Å². The van der Waals surface area contributed by atoms with Gasteiger partial charge in [-0.2, -0.15) is 0 Å². The number of non-ortho nitro benzene ring substituents is 1. The van der Waals surface area contributed by atoms with Crippen LogP contribution in [0.3, 0.4) is 0 Å². The minimum absolute atomic E-state index is 0.190. The van der Waals surface area contributed by atoms with E-state index in [1.165, 1.54) is 0 Å². The Morgan fingerprint density at radius 2 is 1.71 bits per heavy atom. The highest BCUT2D eigenvalue weighted by Crippen LogP contribution is 2.40. The molecule has 110 valence electrons. The Morgan fingerprint density at radius 3 is 2.19 bits per heavy atom. The average molecular weight is 292 g/mol. The van der Waals surface area contributed by atoms with Gasteiger partial charge in [-0.1, -0.05) is 12.8 Å². The van der Waals surface area contributed by atoms with E-state index in [0.29, 0.717) is 12.8 Å². The summed E-state index contributed by atoms with van der Waals surface area (Å²) in [6, 6.07) is 2.96. The van der Waals surface area contributed by atoms with E-state index in [4.69, 9.17) is 0 Å². The number of nitro groups is 1. The molecule has 1 aromatic carbocycles. The average Bonchev–Trinajstić information content (AvgIpc) is 2.72. The molecule has 0 spiro atoms. The third-order valence-electron chi connectivity index (χ3n) is 4.22. The third-order valence-corrected chi connectivity index (χ3v) is 4.22. The lowest BCUT2D eigenvalue weighted by molar-refractivity contribution is -0.385. The molecule has 1 heterocycles. The van der Waals surface area contributed by atoms with Crippen LogP contribution in [0.15, 0.2) is 18.2 Å². The predicted octanol–water partition coefficient (Wildman–Crippen LogP) is 2.41. The first kappa shape index (κ1) is 13.7. The first-order chi connectivity index (χ1) is 10.0. The summed E-state index contributed by atoms with van der Waals surface area (Å²) >= 11 is 0. The van der Waals surface area contributed by atoms with Gasteiger partial charge in [-0.15, -0.1) is 0 Å². The number of nitro benzene ring substituents is 1. The van der Waals surface area contributed by atoms with Crippen LogP contribution in [0.25, 0.3) is 0 Å². The van der Waals surface area contributed by atoms with E-state index in [1.54, 1.807) is 0 Å². The highest BCUT2D eigenvalue weighted by atomic mass is 19.1. The Hall–Kier alpha value is -2.31. The van der Waals surface area contributed by atoms with Gasteiger partial charge in [-0.05, 0) is 18.9 Å². The van der Waals surface area contributed by atoms with Gasteiger partial charge >= 0.3 is 0 Å². The standard InChI is InChI=1S/C14H13FN2O4/c15-11-7-8(17(20)21)5-6-12(11)16-13(18)9-3-1-2-4-10(9)14(16)19/h5-7,9-10H,1-4H2.